The number of benzene rings is 1. The van der Waals surface area contributed by atoms with E-state index in [-0.39, 0.29) is 6.54 Å². The summed E-state index contributed by atoms with van der Waals surface area (Å²) in [5.41, 5.74) is 6.97. The number of anilines is 1. The average molecular weight is 342 g/mol. The molecular weight excluding hydrogens is 320 g/mol. The minimum Gasteiger partial charge on any atom is -0.494 e. The number of nitrogens with one attached hydrogen (secondary N) is 2. The zero-order chi connectivity index (χ0) is 18.1. The third-order valence-electron chi connectivity index (χ3n) is 3.55. The van der Waals surface area contributed by atoms with Crippen LogP contribution in [-0.4, -0.2) is 30.1 Å². The third kappa shape index (κ3) is 6.14. The number of amides is 3. The number of rotatable bonds is 8. The van der Waals surface area contributed by atoms with Crippen molar-refractivity contribution >= 4 is 17.6 Å². The Morgan fingerprint density at radius 1 is 1.24 bits per heavy atom. The van der Waals surface area contributed by atoms with Crippen molar-refractivity contribution in [1.82, 2.24) is 10.3 Å². The lowest BCUT2D eigenvalue weighted by atomic mass is 9.98. The summed E-state index contributed by atoms with van der Waals surface area (Å²) < 4.78 is 5.39. The Hall–Kier alpha value is -3.09. The number of carbonyl (C=O) groups excluding carboxylic acids is 2. The van der Waals surface area contributed by atoms with Gasteiger partial charge in [-0.25, -0.2) is 4.79 Å². The van der Waals surface area contributed by atoms with E-state index in [4.69, 9.17) is 10.5 Å². The van der Waals surface area contributed by atoms with Gasteiger partial charge in [0.1, 0.15) is 5.75 Å². The van der Waals surface area contributed by atoms with Gasteiger partial charge in [-0.15, -0.1) is 0 Å². The standard InChI is InChI=1S/C18H22N4O3/c1-2-25-16-7-5-13(6-8-16)10-14(17(19)23)11-21-18(24)22-15-4-3-9-20-12-15/h3-9,12,14H,2,10-11H2,1H3,(H2,19,23)(H2,21,22,24). The van der Waals surface area contributed by atoms with E-state index in [1.165, 1.54) is 6.20 Å². The Morgan fingerprint density at radius 3 is 2.60 bits per heavy atom. The van der Waals surface area contributed by atoms with Gasteiger partial charge in [-0.3, -0.25) is 9.78 Å². The summed E-state index contributed by atoms with van der Waals surface area (Å²) in [5.74, 6) is -0.191. The normalized spacial score (nSPS) is 11.4. The molecule has 132 valence electrons. The first-order chi connectivity index (χ1) is 12.1. The molecule has 1 heterocycles. The number of carbonyl (C=O) groups is 2. The number of aromatic nitrogens is 1. The van der Waals surface area contributed by atoms with E-state index in [1.54, 1.807) is 18.3 Å². The molecule has 1 aromatic carbocycles. The van der Waals surface area contributed by atoms with E-state index >= 15 is 0 Å². The van der Waals surface area contributed by atoms with Crippen molar-refractivity contribution < 1.29 is 14.3 Å². The predicted octanol–water partition coefficient (Wildman–Crippen LogP) is 1.95. The SMILES string of the molecule is CCOc1ccc(CC(CNC(=O)Nc2cccnc2)C(N)=O)cc1. The molecule has 0 aliphatic rings. The molecule has 4 N–H and O–H groups in total. The molecule has 2 rings (SSSR count). The zero-order valence-electron chi connectivity index (χ0n) is 14.1. The molecular formula is C18H22N4O3. The Labute approximate surface area is 146 Å². The van der Waals surface area contributed by atoms with E-state index in [9.17, 15) is 9.59 Å². The first kappa shape index (κ1) is 18.3. The monoisotopic (exact) mass is 342 g/mol. The lowest BCUT2D eigenvalue weighted by Crippen LogP contribution is -2.39. The number of nitrogens with two attached hydrogens (primary N) is 1. The van der Waals surface area contributed by atoms with Crippen LogP contribution >= 0.6 is 0 Å². The van der Waals surface area contributed by atoms with Crippen LogP contribution in [0.15, 0.2) is 48.8 Å². The highest BCUT2D eigenvalue weighted by Gasteiger charge is 2.17. The summed E-state index contributed by atoms with van der Waals surface area (Å²) in [7, 11) is 0. The second-order valence-electron chi connectivity index (χ2n) is 5.46. The van der Waals surface area contributed by atoms with E-state index in [2.05, 4.69) is 15.6 Å². The second kappa shape index (κ2) is 9.27. The molecule has 1 aromatic heterocycles. The minimum absolute atomic E-state index is 0.147. The third-order valence-corrected chi connectivity index (χ3v) is 3.55. The van der Waals surface area contributed by atoms with Crippen LogP contribution in [0.5, 0.6) is 5.75 Å². The lowest BCUT2D eigenvalue weighted by Gasteiger charge is -2.15. The Balaban J connectivity index is 1.87. The molecule has 0 radical (unpaired) electrons. The second-order valence-corrected chi connectivity index (χ2v) is 5.46. The van der Waals surface area contributed by atoms with Gasteiger partial charge in [-0.05, 0) is 43.2 Å². The molecule has 3 amide bonds. The van der Waals surface area contributed by atoms with Gasteiger partial charge in [-0.1, -0.05) is 12.1 Å². The Bertz CT molecular complexity index is 689. The number of ether oxygens (including phenoxy) is 1. The van der Waals surface area contributed by atoms with Gasteiger partial charge < -0.3 is 21.1 Å². The molecule has 0 saturated heterocycles. The van der Waals surface area contributed by atoms with Gasteiger partial charge in [0.2, 0.25) is 5.91 Å². The molecule has 0 spiro atoms. The molecule has 0 aliphatic heterocycles. The summed E-state index contributed by atoms with van der Waals surface area (Å²) in [5, 5.41) is 5.30. The molecule has 0 aliphatic carbocycles. The van der Waals surface area contributed by atoms with Crippen molar-refractivity contribution in [3.8, 4) is 5.75 Å². The number of hydrogen-bond acceptors (Lipinski definition) is 4. The highest BCUT2D eigenvalue weighted by atomic mass is 16.5. The molecule has 0 saturated carbocycles. The smallest absolute Gasteiger partial charge is 0.319 e. The quantitative estimate of drug-likeness (QED) is 0.681. The number of urea groups is 1. The highest BCUT2D eigenvalue weighted by Crippen LogP contribution is 2.15. The summed E-state index contributed by atoms with van der Waals surface area (Å²) >= 11 is 0. The molecule has 25 heavy (non-hydrogen) atoms. The van der Waals surface area contributed by atoms with Crippen LogP contribution in [0.1, 0.15) is 12.5 Å². The van der Waals surface area contributed by atoms with Crippen LogP contribution in [0.3, 0.4) is 0 Å². The fourth-order valence-electron chi connectivity index (χ4n) is 2.27. The molecule has 1 atom stereocenters. The first-order valence-electron chi connectivity index (χ1n) is 8.04. The van der Waals surface area contributed by atoms with Crippen molar-refractivity contribution in [2.75, 3.05) is 18.5 Å². The van der Waals surface area contributed by atoms with E-state index < -0.39 is 17.9 Å². The van der Waals surface area contributed by atoms with Crippen molar-refractivity contribution in [3.05, 3.63) is 54.4 Å². The molecule has 2 aromatic rings. The Morgan fingerprint density at radius 2 is 2.00 bits per heavy atom. The van der Waals surface area contributed by atoms with Gasteiger partial charge in [0.05, 0.1) is 24.4 Å². The van der Waals surface area contributed by atoms with Gasteiger partial charge >= 0.3 is 6.03 Å². The summed E-state index contributed by atoms with van der Waals surface area (Å²) in [6.45, 7) is 2.66. The molecule has 7 nitrogen and oxygen atoms in total. The average Bonchev–Trinajstić information content (AvgIpc) is 2.61. The Kier molecular flexibility index (Phi) is 6.76. The fraction of sp³-hybridized carbons (Fsp3) is 0.278. The molecule has 0 fully saturated rings. The van der Waals surface area contributed by atoms with Crippen molar-refractivity contribution in [2.45, 2.75) is 13.3 Å². The topological polar surface area (TPSA) is 106 Å². The van der Waals surface area contributed by atoms with Gasteiger partial charge in [0.25, 0.3) is 0 Å². The maximum absolute atomic E-state index is 11.9. The largest absolute Gasteiger partial charge is 0.494 e. The first-order valence-corrected chi connectivity index (χ1v) is 8.04. The molecule has 0 bridgehead atoms. The zero-order valence-corrected chi connectivity index (χ0v) is 14.1. The highest BCUT2D eigenvalue weighted by molar-refractivity contribution is 5.89. The van der Waals surface area contributed by atoms with Crippen LogP contribution in [0, 0.1) is 5.92 Å². The number of pyridine rings is 1. The van der Waals surface area contributed by atoms with E-state index in [0.717, 1.165) is 11.3 Å². The van der Waals surface area contributed by atoms with Crippen LogP contribution in [0.25, 0.3) is 0 Å². The molecule has 1 unspecified atom stereocenters. The van der Waals surface area contributed by atoms with Gasteiger partial charge in [0.15, 0.2) is 0 Å². The van der Waals surface area contributed by atoms with Crippen LogP contribution in [-0.2, 0) is 11.2 Å². The number of nitrogens with zero attached hydrogens (tertiary/aromatic N) is 1. The maximum atomic E-state index is 11.9. The summed E-state index contributed by atoms with van der Waals surface area (Å²) in [4.78, 5) is 27.5. The summed E-state index contributed by atoms with van der Waals surface area (Å²) in [6, 6.07) is 10.5. The summed E-state index contributed by atoms with van der Waals surface area (Å²) in [6.07, 6.45) is 3.59. The van der Waals surface area contributed by atoms with Crippen molar-refractivity contribution in [2.24, 2.45) is 11.7 Å². The lowest BCUT2D eigenvalue weighted by molar-refractivity contribution is -0.121. The van der Waals surface area contributed by atoms with Gasteiger partial charge in [0, 0.05) is 12.7 Å². The van der Waals surface area contributed by atoms with Crippen molar-refractivity contribution in [1.29, 1.82) is 0 Å². The number of hydrogen-bond donors (Lipinski definition) is 3. The minimum atomic E-state index is -0.502. The van der Waals surface area contributed by atoms with Crippen LogP contribution < -0.4 is 21.1 Å². The maximum Gasteiger partial charge on any atom is 0.319 e. The number of primary amides is 1. The van der Waals surface area contributed by atoms with E-state index in [0.29, 0.717) is 18.7 Å². The van der Waals surface area contributed by atoms with E-state index in [1.807, 2.05) is 31.2 Å². The van der Waals surface area contributed by atoms with Crippen LogP contribution in [0.2, 0.25) is 0 Å². The molecule has 7 heteroatoms. The van der Waals surface area contributed by atoms with Crippen LogP contribution in [0.4, 0.5) is 10.5 Å². The van der Waals surface area contributed by atoms with Crippen molar-refractivity contribution in [3.63, 3.8) is 0 Å². The fourth-order valence-corrected chi connectivity index (χ4v) is 2.27. The predicted molar refractivity (Wildman–Crippen MR) is 95.3 cm³/mol. The van der Waals surface area contributed by atoms with Gasteiger partial charge in [-0.2, -0.15) is 0 Å².